The summed E-state index contributed by atoms with van der Waals surface area (Å²) in [6.45, 7) is 12.3. The Kier molecular flexibility index (Phi) is 7.72. The number of ether oxygens (including phenoxy) is 2. The number of likely N-dealkylation sites (N-methyl/N-ethyl adjacent to an activating group) is 1. The number of rotatable bonds is 9. The third-order valence-corrected chi connectivity index (χ3v) is 3.54. The average molecular weight is 348 g/mol. The Morgan fingerprint density at radius 3 is 2.30 bits per heavy atom. The van der Waals surface area contributed by atoms with E-state index in [0.29, 0.717) is 13.2 Å². The highest BCUT2D eigenvalue weighted by Gasteiger charge is 2.29. The molecular weight excluding hydrogens is 322 g/mol. The number of nitrogens with one attached hydrogen (secondary N) is 1. The maximum Gasteiger partial charge on any atom is 0.178 e. The first-order valence-corrected chi connectivity index (χ1v) is 8.05. The number of nitrogens with zero attached hydrogens (tertiary/aromatic N) is 2. The van der Waals surface area contributed by atoms with Crippen molar-refractivity contribution >= 4 is 15.9 Å². The van der Waals surface area contributed by atoms with Crippen molar-refractivity contribution in [3.8, 4) is 0 Å². The lowest BCUT2D eigenvalue weighted by atomic mass is 10.1. The molecule has 0 fully saturated rings. The number of hydrogen-bond donors (Lipinski definition) is 1. The van der Waals surface area contributed by atoms with Crippen LogP contribution in [-0.2, 0) is 9.47 Å². The van der Waals surface area contributed by atoms with Gasteiger partial charge in [0.25, 0.3) is 0 Å². The highest BCUT2D eigenvalue weighted by atomic mass is 79.9. The number of hydrogen-bond acceptors (Lipinski definition) is 4. The van der Waals surface area contributed by atoms with Crippen LogP contribution in [0.15, 0.2) is 10.7 Å². The lowest BCUT2D eigenvalue weighted by Gasteiger charge is -2.29. The standard InChI is InChI=1S/C14H26BrN3O2/c1-6-16-12(14(19-7-2)20-8-3)13-11(15)9-17-18(13)10(4)5/h9-10,12,14,16H,6-8H2,1-5H3. The van der Waals surface area contributed by atoms with Gasteiger partial charge in [-0.3, -0.25) is 4.68 Å². The van der Waals surface area contributed by atoms with E-state index in [1.54, 1.807) is 0 Å². The molecule has 116 valence electrons. The predicted octanol–water partition coefficient (Wildman–Crippen LogP) is 3.28. The Hall–Kier alpha value is -0.430. The zero-order valence-electron chi connectivity index (χ0n) is 13.0. The fraction of sp³-hybridized carbons (Fsp3) is 0.786. The quantitative estimate of drug-likeness (QED) is 0.696. The van der Waals surface area contributed by atoms with Crippen LogP contribution >= 0.6 is 15.9 Å². The predicted molar refractivity (Wildman–Crippen MR) is 83.8 cm³/mol. The van der Waals surface area contributed by atoms with Gasteiger partial charge in [-0.1, -0.05) is 6.92 Å². The third-order valence-electron chi connectivity index (χ3n) is 2.93. The first-order chi connectivity index (χ1) is 9.56. The van der Waals surface area contributed by atoms with Gasteiger partial charge in [0, 0.05) is 19.3 Å². The molecule has 0 amide bonds. The lowest BCUT2D eigenvalue weighted by molar-refractivity contribution is -0.156. The topological polar surface area (TPSA) is 48.3 Å². The van der Waals surface area contributed by atoms with E-state index in [-0.39, 0.29) is 18.4 Å². The number of halogens is 1. The molecule has 20 heavy (non-hydrogen) atoms. The Balaban J connectivity index is 3.13. The highest BCUT2D eigenvalue weighted by molar-refractivity contribution is 9.10. The molecule has 0 bridgehead atoms. The minimum atomic E-state index is -0.324. The van der Waals surface area contributed by atoms with E-state index >= 15 is 0 Å². The minimum Gasteiger partial charge on any atom is -0.351 e. The molecule has 6 heteroatoms. The van der Waals surface area contributed by atoms with E-state index in [9.17, 15) is 0 Å². The maximum absolute atomic E-state index is 5.76. The van der Waals surface area contributed by atoms with Crippen molar-refractivity contribution in [3.05, 3.63) is 16.4 Å². The summed E-state index contributed by atoms with van der Waals surface area (Å²) in [5.41, 5.74) is 1.06. The molecule has 0 aliphatic heterocycles. The van der Waals surface area contributed by atoms with Crippen LogP contribution in [0.5, 0.6) is 0 Å². The molecule has 0 saturated carbocycles. The largest absolute Gasteiger partial charge is 0.351 e. The zero-order valence-corrected chi connectivity index (χ0v) is 14.6. The van der Waals surface area contributed by atoms with Crippen LogP contribution in [0.4, 0.5) is 0 Å². The summed E-state index contributed by atoms with van der Waals surface area (Å²) in [5, 5.41) is 7.89. The molecule has 1 unspecified atom stereocenters. The van der Waals surface area contributed by atoms with E-state index in [1.807, 2.05) is 24.7 Å². The Morgan fingerprint density at radius 2 is 1.85 bits per heavy atom. The molecule has 0 spiro atoms. The Labute approximate surface area is 130 Å². The molecule has 0 saturated heterocycles. The molecule has 1 N–H and O–H groups in total. The van der Waals surface area contributed by atoms with Crippen molar-refractivity contribution in [2.24, 2.45) is 0 Å². The molecule has 1 aromatic rings. The molecule has 0 radical (unpaired) electrons. The molecular formula is C14H26BrN3O2. The van der Waals surface area contributed by atoms with Crippen molar-refractivity contribution in [2.45, 2.75) is 53.0 Å². The minimum absolute atomic E-state index is 0.0563. The first kappa shape index (κ1) is 17.6. The SMILES string of the molecule is CCNC(c1c(Br)cnn1C(C)C)C(OCC)OCC. The summed E-state index contributed by atoms with van der Waals surface area (Å²) in [6, 6.07) is 0.223. The molecule has 0 aliphatic rings. The van der Waals surface area contributed by atoms with Crippen LogP contribution in [0.25, 0.3) is 0 Å². The van der Waals surface area contributed by atoms with Crippen molar-refractivity contribution in [3.63, 3.8) is 0 Å². The second kappa shape index (κ2) is 8.77. The maximum atomic E-state index is 5.76. The Bertz CT molecular complexity index is 390. The van der Waals surface area contributed by atoms with Crippen LogP contribution in [-0.4, -0.2) is 35.8 Å². The van der Waals surface area contributed by atoms with Gasteiger partial charge in [-0.15, -0.1) is 0 Å². The summed E-state index contributed by atoms with van der Waals surface area (Å²) in [7, 11) is 0. The lowest BCUT2D eigenvalue weighted by Crippen LogP contribution is -2.37. The molecule has 1 aromatic heterocycles. The molecule has 1 atom stereocenters. The van der Waals surface area contributed by atoms with E-state index in [1.165, 1.54) is 0 Å². The molecule has 0 aromatic carbocycles. The number of aromatic nitrogens is 2. The highest BCUT2D eigenvalue weighted by Crippen LogP contribution is 2.29. The van der Waals surface area contributed by atoms with Crippen molar-refractivity contribution in [1.29, 1.82) is 0 Å². The van der Waals surface area contributed by atoms with Gasteiger partial charge in [-0.05, 0) is 50.2 Å². The van der Waals surface area contributed by atoms with Crippen LogP contribution in [0.2, 0.25) is 0 Å². The molecule has 1 rings (SSSR count). The fourth-order valence-corrected chi connectivity index (χ4v) is 2.68. The van der Waals surface area contributed by atoms with Gasteiger partial charge in [0.05, 0.1) is 16.4 Å². The smallest absolute Gasteiger partial charge is 0.178 e. The third kappa shape index (κ3) is 4.28. The first-order valence-electron chi connectivity index (χ1n) is 7.26. The summed E-state index contributed by atoms with van der Waals surface area (Å²) in [5.74, 6) is 0. The van der Waals surface area contributed by atoms with Gasteiger partial charge < -0.3 is 14.8 Å². The molecule has 1 heterocycles. The van der Waals surface area contributed by atoms with E-state index in [2.05, 4.69) is 47.1 Å². The zero-order chi connectivity index (χ0) is 15.1. The monoisotopic (exact) mass is 347 g/mol. The molecule has 5 nitrogen and oxygen atoms in total. The summed E-state index contributed by atoms with van der Waals surface area (Å²) >= 11 is 3.59. The van der Waals surface area contributed by atoms with Gasteiger partial charge in [-0.25, -0.2) is 0 Å². The second-order valence-corrected chi connectivity index (χ2v) is 5.58. The van der Waals surface area contributed by atoms with Gasteiger partial charge >= 0.3 is 0 Å². The summed E-state index contributed by atoms with van der Waals surface area (Å²) < 4.78 is 14.5. The van der Waals surface area contributed by atoms with Crippen LogP contribution in [0.1, 0.15) is 52.4 Å². The Morgan fingerprint density at radius 1 is 1.25 bits per heavy atom. The van der Waals surface area contributed by atoms with Crippen molar-refractivity contribution < 1.29 is 9.47 Å². The van der Waals surface area contributed by atoms with Gasteiger partial charge in [0.1, 0.15) is 6.04 Å². The summed E-state index contributed by atoms with van der Waals surface area (Å²) in [6.07, 6.45) is 1.50. The van der Waals surface area contributed by atoms with E-state index in [0.717, 1.165) is 16.7 Å². The fourth-order valence-electron chi connectivity index (χ4n) is 2.16. The van der Waals surface area contributed by atoms with Gasteiger partial charge in [0.2, 0.25) is 0 Å². The summed E-state index contributed by atoms with van der Waals surface area (Å²) in [4.78, 5) is 0. The second-order valence-electron chi connectivity index (χ2n) is 4.73. The van der Waals surface area contributed by atoms with Crippen LogP contribution < -0.4 is 5.32 Å². The van der Waals surface area contributed by atoms with Crippen molar-refractivity contribution in [2.75, 3.05) is 19.8 Å². The van der Waals surface area contributed by atoms with Crippen LogP contribution in [0.3, 0.4) is 0 Å². The van der Waals surface area contributed by atoms with E-state index < -0.39 is 0 Å². The average Bonchev–Trinajstić information content (AvgIpc) is 2.78. The van der Waals surface area contributed by atoms with Gasteiger partial charge in [-0.2, -0.15) is 5.10 Å². The molecule has 0 aliphatic carbocycles. The van der Waals surface area contributed by atoms with Crippen LogP contribution in [0, 0.1) is 0 Å². The van der Waals surface area contributed by atoms with E-state index in [4.69, 9.17) is 9.47 Å². The normalized spacial score (nSPS) is 13.4. The van der Waals surface area contributed by atoms with Crippen molar-refractivity contribution in [1.82, 2.24) is 15.1 Å². The van der Waals surface area contributed by atoms with Gasteiger partial charge in [0.15, 0.2) is 6.29 Å².